The van der Waals surface area contributed by atoms with Crippen molar-refractivity contribution in [2.24, 2.45) is 0 Å². The fraction of sp³-hybridized carbons (Fsp3) is 0.316. The van der Waals surface area contributed by atoms with Gasteiger partial charge in [-0.25, -0.2) is 0 Å². The van der Waals surface area contributed by atoms with Crippen LogP contribution < -0.4 is 18.9 Å². The zero-order valence-electron chi connectivity index (χ0n) is 13.4. The summed E-state index contributed by atoms with van der Waals surface area (Å²) in [4.78, 5) is 12.9. The molecule has 0 amide bonds. The average Bonchev–Trinajstić information content (AvgIpc) is 3.28. The molecule has 3 aliphatic heterocycles. The van der Waals surface area contributed by atoms with E-state index in [-0.39, 0.29) is 38.2 Å². The third-order valence-corrected chi connectivity index (χ3v) is 7.91. The van der Waals surface area contributed by atoms with Crippen molar-refractivity contribution in [1.29, 1.82) is 0 Å². The number of fused-ring (bicyclic) bond motifs is 2. The molecule has 2 unspecified atom stereocenters. The van der Waals surface area contributed by atoms with Gasteiger partial charge in [0.1, 0.15) is 0 Å². The Morgan fingerprint density at radius 1 is 0.720 bits per heavy atom. The van der Waals surface area contributed by atoms with Crippen molar-refractivity contribution in [3.63, 3.8) is 0 Å². The number of benzene rings is 2. The molecular formula is C19H16O5Se. The molecule has 6 heteroatoms. The van der Waals surface area contributed by atoms with Crippen molar-refractivity contribution >= 4 is 20.7 Å². The predicted molar refractivity (Wildman–Crippen MR) is 90.6 cm³/mol. The Kier molecular flexibility index (Phi) is 3.61. The van der Waals surface area contributed by atoms with Gasteiger partial charge in [-0.3, -0.25) is 0 Å². The molecule has 5 rings (SSSR count). The van der Waals surface area contributed by atoms with E-state index < -0.39 is 0 Å². The summed E-state index contributed by atoms with van der Waals surface area (Å²) in [6.07, 6.45) is 1.22. The zero-order chi connectivity index (χ0) is 16.8. The molecule has 0 bridgehead atoms. The molecule has 2 aromatic rings. The van der Waals surface area contributed by atoms with Crippen LogP contribution in [0.25, 0.3) is 0 Å². The summed E-state index contributed by atoms with van der Waals surface area (Å²) in [6, 6.07) is 12.1. The number of ether oxygens (including phenoxy) is 4. The topological polar surface area (TPSA) is 54.0 Å². The first kappa shape index (κ1) is 15.1. The van der Waals surface area contributed by atoms with Crippen LogP contribution in [-0.2, 0) is 4.79 Å². The van der Waals surface area contributed by atoms with E-state index in [1.807, 2.05) is 24.3 Å². The number of carbonyl (C=O) groups excluding carboxylic acids is 1. The number of ketones is 1. The monoisotopic (exact) mass is 404 g/mol. The summed E-state index contributed by atoms with van der Waals surface area (Å²) in [5, 5.41) is 0. The summed E-state index contributed by atoms with van der Waals surface area (Å²) < 4.78 is 21.7. The zero-order valence-corrected chi connectivity index (χ0v) is 15.1. The van der Waals surface area contributed by atoms with Gasteiger partial charge in [0.2, 0.25) is 0 Å². The molecule has 2 aromatic carbocycles. The Morgan fingerprint density at radius 2 is 1.20 bits per heavy atom. The molecule has 0 N–H and O–H groups in total. The predicted octanol–water partition coefficient (Wildman–Crippen LogP) is 2.99. The fourth-order valence-electron chi connectivity index (χ4n) is 3.41. The molecular weight excluding hydrogens is 387 g/mol. The molecule has 128 valence electrons. The van der Waals surface area contributed by atoms with Crippen LogP contribution in [0, 0.1) is 0 Å². The van der Waals surface area contributed by atoms with Crippen molar-refractivity contribution in [2.45, 2.75) is 22.5 Å². The molecule has 3 heterocycles. The molecule has 1 fully saturated rings. The van der Waals surface area contributed by atoms with E-state index in [2.05, 4.69) is 12.1 Å². The fourth-order valence-corrected chi connectivity index (χ4v) is 6.70. The standard InChI is InChI=1S/C19H16O5Se/c20-13-7-18(11-1-3-14-16(5-11)23-9-21-14)25-19(8-13)12-2-4-15-17(6-12)24-10-22-15/h1-6,18-19H,7-10H2. The number of carbonyl (C=O) groups is 1. The molecule has 0 spiro atoms. The van der Waals surface area contributed by atoms with Crippen LogP contribution in [0.3, 0.4) is 0 Å². The van der Waals surface area contributed by atoms with Crippen molar-refractivity contribution in [3.05, 3.63) is 47.5 Å². The van der Waals surface area contributed by atoms with Crippen LogP contribution in [0.15, 0.2) is 36.4 Å². The summed E-state index contributed by atoms with van der Waals surface area (Å²) in [7, 11) is 0. The Morgan fingerprint density at radius 3 is 1.72 bits per heavy atom. The maximum absolute atomic E-state index is 12.4. The van der Waals surface area contributed by atoms with Crippen LogP contribution >= 0.6 is 0 Å². The molecule has 0 aliphatic carbocycles. The van der Waals surface area contributed by atoms with Gasteiger partial charge >= 0.3 is 151 Å². The minimum absolute atomic E-state index is 0.263. The van der Waals surface area contributed by atoms with E-state index >= 15 is 0 Å². The first-order valence-electron chi connectivity index (χ1n) is 8.22. The van der Waals surface area contributed by atoms with Crippen LogP contribution in [0.5, 0.6) is 23.0 Å². The van der Waals surface area contributed by atoms with E-state index in [1.165, 1.54) is 11.1 Å². The van der Waals surface area contributed by atoms with Gasteiger partial charge in [0.25, 0.3) is 0 Å². The van der Waals surface area contributed by atoms with Crippen molar-refractivity contribution in [3.8, 4) is 23.0 Å². The van der Waals surface area contributed by atoms with Gasteiger partial charge < -0.3 is 0 Å². The quantitative estimate of drug-likeness (QED) is 0.722. The molecule has 3 aliphatic rings. The maximum atomic E-state index is 12.4. The van der Waals surface area contributed by atoms with Gasteiger partial charge in [-0.2, -0.15) is 0 Å². The summed E-state index contributed by atoms with van der Waals surface area (Å²) in [6.45, 7) is 0.542. The third kappa shape index (κ3) is 2.75. The third-order valence-electron chi connectivity index (χ3n) is 4.69. The van der Waals surface area contributed by atoms with Crippen molar-refractivity contribution in [2.75, 3.05) is 13.6 Å². The van der Waals surface area contributed by atoms with Gasteiger partial charge in [-0.15, -0.1) is 0 Å². The summed E-state index contributed by atoms with van der Waals surface area (Å²) >= 11 is 0.273. The minimum atomic E-state index is 0.263. The van der Waals surface area contributed by atoms with E-state index in [0.717, 1.165) is 23.0 Å². The number of rotatable bonds is 2. The van der Waals surface area contributed by atoms with Gasteiger partial charge in [0.05, 0.1) is 0 Å². The molecule has 2 atom stereocenters. The van der Waals surface area contributed by atoms with Crippen LogP contribution in [-0.4, -0.2) is 34.3 Å². The summed E-state index contributed by atoms with van der Waals surface area (Å²) in [5.74, 6) is 3.45. The van der Waals surface area contributed by atoms with Gasteiger partial charge in [0.15, 0.2) is 0 Å². The first-order chi connectivity index (χ1) is 12.3. The molecule has 0 aromatic heterocycles. The number of hydrogen-bond donors (Lipinski definition) is 0. The first-order valence-corrected chi connectivity index (χ1v) is 10.2. The molecule has 0 saturated carbocycles. The number of hydrogen-bond acceptors (Lipinski definition) is 5. The Bertz CT molecular complexity index is 782. The second-order valence-corrected chi connectivity index (χ2v) is 9.24. The molecule has 5 nitrogen and oxygen atoms in total. The normalized spacial score (nSPS) is 23.8. The Balaban J connectivity index is 1.42. The van der Waals surface area contributed by atoms with E-state index in [1.54, 1.807) is 0 Å². The van der Waals surface area contributed by atoms with Crippen LogP contribution in [0.2, 0.25) is 0 Å². The van der Waals surface area contributed by atoms with Gasteiger partial charge in [0, 0.05) is 0 Å². The molecule has 1 saturated heterocycles. The second-order valence-electron chi connectivity index (χ2n) is 6.29. The molecule has 25 heavy (non-hydrogen) atoms. The Hall–Kier alpha value is -2.17. The van der Waals surface area contributed by atoms with Gasteiger partial charge in [-0.1, -0.05) is 0 Å². The van der Waals surface area contributed by atoms with Crippen molar-refractivity contribution < 1.29 is 23.7 Å². The van der Waals surface area contributed by atoms with Crippen molar-refractivity contribution in [1.82, 2.24) is 0 Å². The molecule has 0 radical (unpaired) electrons. The Labute approximate surface area is 151 Å². The van der Waals surface area contributed by atoms with E-state index in [9.17, 15) is 4.79 Å². The average molecular weight is 403 g/mol. The number of Topliss-reactive ketones (excluding diaryl/α,β-unsaturated/α-hetero) is 1. The van der Waals surface area contributed by atoms with Crippen LogP contribution in [0.1, 0.15) is 33.6 Å². The van der Waals surface area contributed by atoms with Crippen LogP contribution in [0.4, 0.5) is 0 Å². The summed E-state index contributed by atoms with van der Waals surface area (Å²) in [5.41, 5.74) is 2.34. The van der Waals surface area contributed by atoms with Gasteiger partial charge in [-0.05, 0) is 0 Å². The van der Waals surface area contributed by atoms with E-state index in [0.29, 0.717) is 18.6 Å². The SMILES string of the molecule is O=C1CC(c2ccc3c(c2)OCO3)[Se]C(c2ccc3c(c2)OCO3)C1. The second kappa shape index (κ2) is 5.97. The van der Waals surface area contributed by atoms with E-state index in [4.69, 9.17) is 18.9 Å².